The number of methoxy groups -OCH3 is 1. The molecule has 4 aromatic rings. The second-order valence-electron chi connectivity index (χ2n) is 32.3. The number of carbonyl (C=O) groups is 6. The van der Waals surface area contributed by atoms with Crippen molar-refractivity contribution in [1.82, 2.24) is 44.1 Å². The number of rotatable bonds is 8. The monoisotopic (exact) mass is 1740 g/mol. The summed E-state index contributed by atoms with van der Waals surface area (Å²) < 4.78 is 80.6. The van der Waals surface area contributed by atoms with Gasteiger partial charge in [0.2, 0.25) is 5.88 Å². The Morgan fingerprint density at radius 2 is 0.936 bits per heavy atom. The summed E-state index contributed by atoms with van der Waals surface area (Å²) in [5, 5.41) is 0.644. The van der Waals surface area contributed by atoms with Crippen molar-refractivity contribution < 1.29 is 68.7 Å². The van der Waals surface area contributed by atoms with Crippen molar-refractivity contribution in [2.45, 2.75) is 192 Å². The predicted octanol–water partition coefficient (Wildman–Crippen LogP) is 15.0. The molecule has 9 heterocycles. The number of piperidine rings is 4. The van der Waals surface area contributed by atoms with Gasteiger partial charge in [0.05, 0.1) is 18.4 Å². The molecule has 4 saturated heterocycles. The van der Waals surface area contributed by atoms with Crippen LogP contribution in [0.5, 0.6) is 0 Å². The quantitative estimate of drug-likeness (QED) is 0.0568. The fraction of sp³-hybridized carbons (Fsp3) is 0.580. The van der Waals surface area contributed by atoms with Crippen molar-refractivity contribution in [3.63, 3.8) is 0 Å². The third kappa shape index (κ3) is 24.8. The van der Waals surface area contributed by atoms with E-state index in [0.717, 1.165) is 156 Å². The Labute approximate surface area is 674 Å². The van der Waals surface area contributed by atoms with Gasteiger partial charge in [-0.15, -0.1) is 0 Å². The van der Waals surface area contributed by atoms with Gasteiger partial charge in [-0.3, -0.25) is 19.3 Å². The van der Waals surface area contributed by atoms with Crippen molar-refractivity contribution in [2.75, 3.05) is 101 Å². The zero-order valence-electron chi connectivity index (χ0n) is 66.2. The summed E-state index contributed by atoms with van der Waals surface area (Å²) in [6, 6.07) is 25.5. The standard InChI is InChI=1S/C25H35N3O3.C15H20N2O.C14H17BrN2O.C12H18F3NO5S.C9H8Br2O2.C6H14N2/c1-17-6-9-22(28(15-17)24(30)31-25(2,3)4)18-7-8-19-16-27(23(29)21(19)14-18)20-10-12-26(5)13-11-20;1-11-3-4-12-10-17(15(18)14(12)9-11)13-5-7-16(2)8-6-13;1-16-6-4-12(5-7-16)17-9-10-2-3-11(15)8-13(10)14(17)18;1-8-5-6-9(21-22(18,19)12(13,14)15)16(7-8)10(17)20-11(2,3)4;1-13-9(12)8-4-7(11)3-2-6(8)5-10;1-8-4-2-6(7)3-5-8/h7-9,14,17,20H,6,10-13,15-16H2,1-5H3;3-4,9,13H,5-8,10H2,1-2H3;2-3,8,12H,4-7,9H2,1H3;6,8H,5,7H2,1-4H3;2-4H,5H2,1H3;6H,2-5,7H2,1H3/t;;;8-;;/m...0../s1. The van der Waals surface area contributed by atoms with Crippen LogP contribution in [0.1, 0.15) is 194 Å². The van der Waals surface area contributed by atoms with Crippen LogP contribution in [-0.4, -0.2) is 230 Å². The van der Waals surface area contributed by atoms with Gasteiger partial charge in [-0.1, -0.05) is 110 Å². The molecule has 0 aromatic heterocycles. The number of alkyl halides is 4. The van der Waals surface area contributed by atoms with E-state index >= 15 is 0 Å². The molecule has 0 aliphatic carbocycles. The van der Waals surface area contributed by atoms with E-state index in [1.165, 1.54) is 49.7 Å². The number of allylic oxidation sites excluding steroid dienone is 2. The van der Waals surface area contributed by atoms with Crippen LogP contribution in [0.15, 0.2) is 99.8 Å². The first-order valence-corrected chi connectivity index (χ1v) is 42.0. The van der Waals surface area contributed by atoms with Crippen molar-refractivity contribution in [2.24, 2.45) is 17.6 Å². The summed E-state index contributed by atoms with van der Waals surface area (Å²) in [5.74, 6) is -0.134. The van der Waals surface area contributed by atoms with Gasteiger partial charge < -0.3 is 58.4 Å². The van der Waals surface area contributed by atoms with Crippen LogP contribution in [0.2, 0.25) is 0 Å². The summed E-state index contributed by atoms with van der Waals surface area (Å²) in [7, 11) is 4.12. The number of hydrogen-bond acceptors (Lipinski definition) is 17. The fourth-order valence-electron chi connectivity index (χ4n) is 14.3. The molecule has 13 rings (SSSR count). The lowest BCUT2D eigenvalue weighted by Crippen LogP contribution is -2.43. The van der Waals surface area contributed by atoms with Crippen LogP contribution in [0.4, 0.5) is 22.8 Å². The average Bonchev–Trinajstić information content (AvgIpc) is 1.59. The molecule has 22 nitrogen and oxygen atoms in total. The molecule has 0 bridgehead atoms. The maximum Gasteiger partial charge on any atom is 0.534 e. The Morgan fingerprint density at radius 1 is 0.545 bits per heavy atom. The molecule has 2 N–H and O–H groups in total. The molecule has 29 heteroatoms. The third-order valence-electron chi connectivity index (χ3n) is 20.7. The van der Waals surface area contributed by atoms with Crippen molar-refractivity contribution in [3.05, 3.63) is 155 Å². The highest BCUT2D eigenvalue weighted by atomic mass is 79.9. The zero-order chi connectivity index (χ0) is 80.9. The Morgan fingerprint density at radius 3 is 1.37 bits per heavy atom. The second-order valence-corrected chi connectivity index (χ2v) is 36.2. The maximum atomic E-state index is 13.3. The molecule has 9 aliphatic heterocycles. The zero-order valence-corrected chi connectivity index (χ0v) is 71.8. The average molecular weight is 1750 g/mol. The summed E-state index contributed by atoms with van der Waals surface area (Å²) in [4.78, 5) is 92.3. The predicted molar refractivity (Wildman–Crippen MR) is 431 cm³/mol. The lowest BCUT2D eigenvalue weighted by atomic mass is 9.96. The van der Waals surface area contributed by atoms with Gasteiger partial charge in [-0.25, -0.2) is 19.3 Å². The number of amides is 5. The second kappa shape index (κ2) is 39.1. The van der Waals surface area contributed by atoms with E-state index in [4.69, 9.17) is 15.2 Å². The van der Waals surface area contributed by atoms with Crippen molar-refractivity contribution in [3.8, 4) is 0 Å². The molecule has 110 heavy (non-hydrogen) atoms. The highest BCUT2D eigenvalue weighted by Crippen LogP contribution is 2.37. The van der Waals surface area contributed by atoms with Crippen molar-refractivity contribution >= 4 is 99.5 Å². The topological polar surface area (TPSA) is 229 Å². The fourth-order valence-corrected chi connectivity index (χ4v) is 16.0. The molecule has 2 atom stereocenters. The molecular weight excluding hydrogens is 1630 g/mol. The first-order valence-electron chi connectivity index (χ1n) is 37.9. The Bertz CT molecular complexity index is 3970. The first-order chi connectivity index (χ1) is 51.6. The highest BCUT2D eigenvalue weighted by Gasteiger charge is 2.50. The van der Waals surface area contributed by atoms with Gasteiger partial charge in [0.25, 0.3) is 17.7 Å². The van der Waals surface area contributed by atoms with E-state index in [-0.39, 0.29) is 48.7 Å². The largest absolute Gasteiger partial charge is 0.534 e. The van der Waals surface area contributed by atoms with E-state index in [0.29, 0.717) is 54.1 Å². The normalized spacial score (nSPS) is 20.7. The number of nitrogens with zero attached hydrogens (tertiary/aromatic N) is 9. The molecule has 1 unspecified atom stereocenters. The van der Waals surface area contributed by atoms with Gasteiger partial charge in [-0.05, 0) is 275 Å². The van der Waals surface area contributed by atoms with Gasteiger partial charge in [0, 0.05) is 87.9 Å². The summed E-state index contributed by atoms with van der Waals surface area (Å²) >= 11 is 10.0. The number of ether oxygens (including phenoxy) is 3. The smallest absolute Gasteiger partial charge is 0.465 e. The SMILES string of the molecule is CC1CC=C(c2ccc3c(c2)C(=O)N(C2CCN(C)CC2)C3)N(C(=O)OC(C)(C)C)C1.CN1CCC(N)CC1.CN1CCC(N2Cc3ccc(Br)cc3C2=O)CC1.COC(=O)c1cc(Br)ccc1CBr.C[C@H]1CC=C(OS(=O)(=O)C(F)(F)F)N(C(=O)OC(C)(C)C)C1.Cc1ccc2c(c1)C(=O)N(C1CCN(C)CC1)C2. The maximum absolute atomic E-state index is 13.3. The molecule has 606 valence electrons. The minimum Gasteiger partial charge on any atom is -0.465 e. The molecule has 0 saturated carbocycles. The summed E-state index contributed by atoms with van der Waals surface area (Å²) in [6.07, 6.45) is 11.9. The molecule has 4 fully saturated rings. The number of benzene rings is 4. The van der Waals surface area contributed by atoms with Gasteiger partial charge in [0.1, 0.15) is 11.2 Å². The van der Waals surface area contributed by atoms with Crippen LogP contribution in [0.3, 0.4) is 0 Å². The molecular formula is C81H112Br3F3N10O12S. The van der Waals surface area contributed by atoms with Crippen LogP contribution in [0, 0.1) is 18.8 Å². The molecule has 9 aliphatic rings. The lowest BCUT2D eigenvalue weighted by molar-refractivity contribution is -0.0546. The Hall–Kier alpha value is -6.44. The Balaban J connectivity index is 0.000000173. The number of nitrogens with two attached hydrogens (primary N) is 1. The van der Waals surface area contributed by atoms with Crippen molar-refractivity contribution in [1.29, 1.82) is 0 Å². The minimum atomic E-state index is -5.84. The molecule has 0 radical (unpaired) electrons. The van der Waals surface area contributed by atoms with Crippen LogP contribution in [-0.2, 0) is 53.5 Å². The number of carbonyl (C=O) groups excluding carboxylic acids is 6. The minimum absolute atomic E-state index is 0.00583. The van der Waals surface area contributed by atoms with Gasteiger partial charge in [0.15, 0.2) is 0 Å². The van der Waals surface area contributed by atoms with Crippen LogP contribution >= 0.6 is 47.8 Å². The van der Waals surface area contributed by atoms with Gasteiger partial charge >= 0.3 is 33.8 Å². The summed E-state index contributed by atoms with van der Waals surface area (Å²) in [5.41, 5.74) is 9.15. The number of halogens is 6. The van der Waals surface area contributed by atoms with E-state index in [9.17, 15) is 50.4 Å². The van der Waals surface area contributed by atoms with E-state index in [1.54, 1.807) is 38.7 Å². The van der Waals surface area contributed by atoms with Gasteiger partial charge in [-0.2, -0.15) is 21.6 Å². The highest BCUT2D eigenvalue weighted by molar-refractivity contribution is 9.10. The van der Waals surface area contributed by atoms with E-state index in [2.05, 4.69) is 152 Å². The number of esters is 1. The summed E-state index contributed by atoms with van der Waals surface area (Å²) in [6.45, 7) is 28.0. The number of aryl methyl sites for hydroxylation is 1. The number of likely N-dealkylation sites (tertiary alicyclic amines) is 4. The number of hydrogen-bond donors (Lipinski definition) is 1. The first kappa shape index (κ1) is 89.1. The number of fused-ring (bicyclic) bond motifs is 3. The van der Waals surface area contributed by atoms with E-state index < -0.39 is 38.8 Å². The molecule has 5 amide bonds. The van der Waals surface area contributed by atoms with Crippen LogP contribution in [0.25, 0.3) is 5.70 Å². The third-order valence-corrected chi connectivity index (χ3v) is 23.2. The van der Waals surface area contributed by atoms with E-state index in [1.807, 2.05) is 75.1 Å². The molecule has 0 spiro atoms. The lowest BCUT2D eigenvalue weighted by Gasteiger charge is -2.35. The molecule has 4 aromatic carbocycles. The Kier molecular flexibility index (Phi) is 31.6. The van der Waals surface area contributed by atoms with Crippen LogP contribution < -0.4 is 5.73 Å².